The summed E-state index contributed by atoms with van der Waals surface area (Å²) in [5, 5.41) is 7.18. The Balaban J connectivity index is 4.02. The summed E-state index contributed by atoms with van der Waals surface area (Å²) in [7, 11) is -3.52. The fraction of sp³-hybridized carbons (Fsp3) is 0.875. The lowest BCUT2D eigenvalue weighted by Crippen LogP contribution is -2.29. The summed E-state index contributed by atoms with van der Waals surface area (Å²) in [6.07, 6.45) is 0.341. The van der Waals surface area contributed by atoms with E-state index in [1.54, 1.807) is 0 Å². The molecule has 1 atom stereocenters. The second kappa shape index (κ2) is 5.98. The molecule has 0 aromatic rings. The van der Waals surface area contributed by atoms with Crippen LogP contribution in [0.2, 0.25) is 0 Å². The van der Waals surface area contributed by atoms with Crippen LogP contribution < -0.4 is 0 Å². The maximum absolute atomic E-state index is 11.3. The van der Waals surface area contributed by atoms with Gasteiger partial charge in [0.05, 0.1) is 5.75 Å². The van der Waals surface area contributed by atoms with Crippen molar-refractivity contribution in [2.24, 2.45) is 0 Å². The first-order chi connectivity index (χ1) is 6.41. The first-order valence-corrected chi connectivity index (χ1v) is 6.15. The van der Waals surface area contributed by atoms with Gasteiger partial charge < -0.3 is 9.84 Å². The van der Waals surface area contributed by atoms with Gasteiger partial charge >= 0.3 is 5.97 Å². The molecule has 0 saturated heterocycles. The molecule has 84 valence electrons. The topological polar surface area (TPSA) is 80.7 Å². The van der Waals surface area contributed by atoms with E-state index in [0.717, 1.165) is 0 Å². The Labute approximate surface area is 84.0 Å². The molecule has 0 heterocycles. The van der Waals surface area contributed by atoms with E-state index in [2.05, 4.69) is 0 Å². The SMILES string of the molecule is CCOCCCS(=O)(=O)C(C)C(=O)O. The predicted molar refractivity (Wildman–Crippen MR) is 52.0 cm³/mol. The van der Waals surface area contributed by atoms with Crippen molar-refractivity contribution in [3.8, 4) is 0 Å². The van der Waals surface area contributed by atoms with Crippen LogP contribution in [0.1, 0.15) is 20.3 Å². The quantitative estimate of drug-likeness (QED) is 0.629. The second-order valence-electron chi connectivity index (χ2n) is 2.90. The molecule has 0 amide bonds. The first-order valence-electron chi connectivity index (χ1n) is 4.44. The number of sulfone groups is 1. The van der Waals surface area contributed by atoms with Gasteiger partial charge in [0.15, 0.2) is 15.1 Å². The van der Waals surface area contributed by atoms with E-state index < -0.39 is 21.1 Å². The Morgan fingerprint density at radius 2 is 2.07 bits per heavy atom. The minimum Gasteiger partial charge on any atom is -0.480 e. The Hall–Kier alpha value is -0.620. The number of rotatable bonds is 7. The van der Waals surface area contributed by atoms with Crippen molar-refractivity contribution in [3.63, 3.8) is 0 Å². The van der Waals surface area contributed by atoms with E-state index in [9.17, 15) is 13.2 Å². The van der Waals surface area contributed by atoms with Crippen LogP contribution in [0.4, 0.5) is 0 Å². The van der Waals surface area contributed by atoms with Crippen LogP contribution in [-0.2, 0) is 19.4 Å². The Morgan fingerprint density at radius 1 is 1.50 bits per heavy atom. The van der Waals surface area contributed by atoms with E-state index in [0.29, 0.717) is 19.6 Å². The summed E-state index contributed by atoms with van der Waals surface area (Å²) in [5.41, 5.74) is 0. The summed E-state index contributed by atoms with van der Waals surface area (Å²) in [4.78, 5) is 10.4. The number of ether oxygens (including phenoxy) is 1. The van der Waals surface area contributed by atoms with Gasteiger partial charge in [-0.1, -0.05) is 0 Å². The zero-order valence-corrected chi connectivity index (χ0v) is 9.21. The highest BCUT2D eigenvalue weighted by Crippen LogP contribution is 2.04. The van der Waals surface area contributed by atoms with Crippen LogP contribution in [-0.4, -0.2) is 43.7 Å². The Bertz CT molecular complexity index is 269. The molecular formula is C8H16O5S. The van der Waals surface area contributed by atoms with Gasteiger partial charge in [-0.25, -0.2) is 8.42 Å². The smallest absolute Gasteiger partial charge is 0.321 e. The second-order valence-corrected chi connectivity index (χ2v) is 5.34. The zero-order chi connectivity index (χ0) is 11.2. The predicted octanol–water partition coefficient (Wildman–Crippen LogP) is 0.301. The molecule has 0 aromatic heterocycles. The van der Waals surface area contributed by atoms with Gasteiger partial charge in [-0.3, -0.25) is 4.79 Å². The van der Waals surface area contributed by atoms with Gasteiger partial charge in [0.25, 0.3) is 0 Å². The van der Waals surface area contributed by atoms with Crippen LogP contribution in [0.15, 0.2) is 0 Å². The fourth-order valence-corrected chi connectivity index (χ4v) is 2.02. The molecule has 0 rings (SSSR count). The average Bonchev–Trinajstić information content (AvgIpc) is 2.11. The molecule has 1 N–H and O–H groups in total. The van der Waals surface area contributed by atoms with Crippen molar-refractivity contribution < 1.29 is 23.1 Å². The molecule has 6 heteroatoms. The molecule has 0 aliphatic rings. The Kier molecular flexibility index (Phi) is 5.71. The van der Waals surface area contributed by atoms with E-state index in [1.807, 2.05) is 6.92 Å². The van der Waals surface area contributed by atoms with Crippen LogP contribution >= 0.6 is 0 Å². The van der Waals surface area contributed by atoms with Gasteiger partial charge in [0, 0.05) is 13.2 Å². The van der Waals surface area contributed by atoms with Crippen molar-refractivity contribution in [3.05, 3.63) is 0 Å². The highest BCUT2D eigenvalue weighted by molar-refractivity contribution is 7.92. The summed E-state index contributed by atoms with van der Waals surface area (Å²) in [6.45, 7) is 3.88. The molecule has 1 unspecified atom stereocenters. The third-order valence-corrected chi connectivity index (χ3v) is 3.94. The van der Waals surface area contributed by atoms with E-state index >= 15 is 0 Å². The van der Waals surface area contributed by atoms with Crippen LogP contribution in [0, 0.1) is 0 Å². The maximum Gasteiger partial charge on any atom is 0.321 e. The molecule has 0 bridgehead atoms. The third kappa shape index (κ3) is 4.57. The normalized spacial score (nSPS) is 13.9. The minimum atomic E-state index is -3.52. The zero-order valence-electron chi connectivity index (χ0n) is 8.39. The third-order valence-electron chi connectivity index (χ3n) is 1.81. The highest BCUT2D eigenvalue weighted by atomic mass is 32.2. The molecule has 0 radical (unpaired) electrons. The lowest BCUT2D eigenvalue weighted by Gasteiger charge is -2.07. The van der Waals surface area contributed by atoms with Crippen molar-refractivity contribution in [2.75, 3.05) is 19.0 Å². The van der Waals surface area contributed by atoms with Gasteiger partial charge in [-0.2, -0.15) is 0 Å². The van der Waals surface area contributed by atoms with Crippen molar-refractivity contribution in [2.45, 2.75) is 25.5 Å². The first kappa shape index (κ1) is 13.4. The van der Waals surface area contributed by atoms with Gasteiger partial charge in [-0.05, 0) is 20.3 Å². The summed E-state index contributed by atoms with van der Waals surface area (Å²) < 4.78 is 27.6. The number of carbonyl (C=O) groups is 1. The van der Waals surface area contributed by atoms with Crippen molar-refractivity contribution in [1.82, 2.24) is 0 Å². The van der Waals surface area contributed by atoms with E-state index in [4.69, 9.17) is 9.84 Å². The van der Waals surface area contributed by atoms with E-state index in [1.165, 1.54) is 6.92 Å². The molecule has 0 aliphatic carbocycles. The number of hydrogen-bond donors (Lipinski definition) is 1. The molecule has 0 aromatic carbocycles. The van der Waals surface area contributed by atoms with Gasteiger partial charge in [0.2, 0.25) is 0 Å². The van der Waals surface area contributed by atoms with E-state index in [-0.39, 0.29) is 5.75 Å². The summed E-state index contributed by atoms with van der Waals surface area (Å²) >= 11 is 0. The lowest BCUT2D eigenvalue weighted by atomic mass is 10.5. The van der Waals surface area contributed by atoms with Crippen LogP contribution in [0.5, 0.6) is 0 Å². The number of carboxylic acid groups (broad SMARTS) is 1. The van der Waals surface area contributed by atoms with Crippen LogP contribution in [0.3, 0.4) is 0 Å². The standard InChI is InChI=1S/C8H16O5S/c1-3-13-5-4-6-14(11,12)7(2)8(9)10/h7H,3-6H2,1-2H3,(H,9,10). The Morgan fingerprint density at radius 3 is 2.50 bits per heavy atom. The largest absolute Gasteiger partial charge is 0.480 e. The number of carboxylic acids is 1. The maximum atomic E-state index is 11.3. The molecule has 0 aliphatic heterocycles. The summed E-state index contributed by atoms with van der Waals surface area (Å²) in [6, 6.07) is 0. The number of hydrogen-bond acceptors (Lipinski definition) is 4. The lowest BCUT2D eigenvalue weighted by molar-refractivity contribution is -0.136. The summed E-state index contributed by atoms with van der Waals surface area (Å²) in [5.74, 6) is -1.44. The monoisotopic (exact) mass is 224 g/mol. The molecule has 14 heavy (non-hydrogen) atoms. The molecule has 0 spiro atoms. The average molecular weight is 224 g/mol. The van der Waals surface area contributed by atoms with Crippen molar-refractivity contribution in [1.29, 1.82) is 0 Å². The minimum absolute atomic E-state index is 0.138. The van der Waals surface area contributed by atoms with Gasteiger partial charge in [0.1, 0.15) is 0 Å². The fourth-order valence-electron chi connectivity index (χ4n) is 0.837. The van der Waals surface area contributed by atoms with Crippen molar-refractivity contribution >= 4 is 15.8 Å². The highest BCUT2D eigenvalue weighted by Gasteiger charge is 2.26. The molecular weight excluding hydrogens is 208 g/mol. The molecule has 5 nitrogen and oxygen atoms in total. The molecule has 0 fully saturated rings. The van der Waals surface area contributed by atoms with Gasteiger partial charge in [-0.15, -0.1) is 0 Å². The van der Waals surface area contributed by atoms with Crippen LogP contribution in [0.25, 0.3) is 0 Å². The molecule has 0 saturated carbocycles. The number of aliphatic carboxylic acids is 1.